The SMILES string of the molecule is CCC[CH2][Sn]([CH2]CCC)([CH2]CCC)[c]1s[c]([Sn]([CH2]CCC)([CH2]CCC)[CH2]CCC)c(P(=O)(Oc2ccccc2)Oc2ccccc2)c1P(=O)(Oc1ccccc1)Oc1ccccc1. The van der Waals surface area contributed by atoms with E-state index in [1.165, 1.54) is 5.79 Å². The molecule has 4 aromatic carbocycles. The first kappa shape index (κ1) is 51.8. The maximum absolute atomic E-state index is 17.2. The Morgan fingerprint density at radius 2 is 0.571 bits per heavy atom. The summed E-state index contributed by atoms with van der Waals surface area (Å²) in [6.07, 6.45) is 13.1. The molecule has 0 aliphatic rings. The minimum absolute atomic E-state index is 0.443. The fourth-order valence-corrected chi connectivity index (χ4v) is 62.6. The van der Waals surface area contributed by atoms with Gasteiger partial charge in [0, 0.05) is 0 Å². The van der Waals surface area contributed by atoms with E-state index in [9.17, 15) is 0 Å². The first-order chi connectivity index (χ1) is 30.6. The van der Waals surface area contributed by atoms with E-state index in [1.807, 2.05) is 133 Å². The van der Waals surface area contributed by atoms with Crippen LogP contribution < -0.4 is 34.5 Å². The fourth-order valence-electron chi connectivity index (χ4n) is 8.86. The molecule has 0 aliphatic carbocycles. The van der Waals surface area contributed by atoms with Crippen LogP contribution in [0, 0.1) is 0 Å². The van der Waals surface area contributed by atoms with Crippen LogP contribution in [0.2, 0.25) is 26.6 Å². The molecule has 0 spiro atoms. The van der Waals surface area contributed by atoms with Gasteiger partial charge in [-0.3, -0.25) is 0 Å². The Bertz CT molecular complexity index is 1870. The normalized spacial score (nSPS) is 12.3. The average molecular weight is 1130 g/mol. The summed E-state index contributed by atoms with van der Waals surface area (Å²) in [5, 5.41) is 1.02. The molecule has 0 saturated heterocycles. The van der Waals surface area contributed by atoms with Crippen LogP contribution in [-0.4, -0.2) is 36.8 Å². The van der Waals surface area contributed by atoms with Crippen LogP contribution in [-0.2, 0) is 9.13 Å². The van der Waals surface area contributed by atoms with Gasteiger partial charge in [0.1, 0.15) is 0 Å². The van der Waals surface area contributed by atoms with Crippen molar-refractivity contribution in [3.8, 4) is 23.0 Å². The molecule has 1 heterocycles. The number of para-hydroxylation sites is 4. The van der Waals surface area contributed by atoms with Gasteiger partial charge in [-0.2, -0.15) is 0 Å². The zero-order valence-corrected chi connectivity index (χ0v) is 47.3. The van der Waals surface area contributed by atoms with E-state index < -0.39 is 51.9 Å². The second-order valence-corrected chi connectivity index (χ2v) is 50.0. The monoisotopic (exact) mass is 1130 g/mol. The van der Waals surface area contributed by atoms with Gasteiger partial charge in [-0.1, -0.05) is 0 Å². The molecule has 0 radical (unpaired) electrons. The predicted molar refractivity (Wildman–Crippen MR) is 276 cm³/mol. The van der Waals surface area contributed by atoms with Gasteiger partial charge < -0.3 is 0 Å². The van der Waals surface area contributed by atoms with Crippen LogP contribution in [0.25, 0.3) is 0 Å². The molecule has 5 rings (SSSR count). The van der Waals surface area contributed by atoms with Crippen molar-refractivity contribution >= 4 is 79.7 Å². The maximum atomic E-state index is 17.2. The van der Waals surface area contributed by atoms with Crippen molar-refractivity contribution in [2.24, 2.45) is 0 Å². The van der Waals surface area contributed by atoms with Crippen molar-refractivity contribution < 1.29 is 27.2 Å². The molecule has 0 amide bonds. The molecule has 0 bridgehead atoms. The topological polar surface area (TPSA) is 71.1 Å². The van der Waals surface area contributed by atoms with Crippen LogP contribution >= 0.6 is 26.5 Å². The average Bonchev–Trinajstić information content (AvgIpc) is 3.74. The Balaban J connectivity index is 2.09. The van der Waals surface area contributed by atoms with Gasteiger partial charge in [0.15, 0.2) is 0 Å². The number of benzene rings is 4. The Hall–Kier alpha value is -2.16. The summed E-state index contributed by atoms with van der Waals surface area (Å²) >= 11 is -5.49. The van der Waals surface area contributed by atoms with Gasteiger partial charge in [-0.05, 0) is 0 Å². The fraction of sp³-hybridized carbons (Fsp3) is 0.462. The first-order valence-corrected chi connectivity index (χ1v) is 42.9. The standard InChI is InChI=1S/C28H20O6P2S.6C4H9.2Sn/c29-35(31-23-13-5-1-6-14-23,32-24-15-7-2-8-16-24)27-21-37-22-28(27)36(30,33-25-17-9-3-10-18-25)34-26-19-11-4-12-20-26;6*1-3-4-2;;/h1-20H;6*1,3-4H2,2H3;;. The van der Waals surface area contributed by atoms with Gasteiger partial charge in [-0.15, -0.1) is 0 Å². The van der Waals surface area contributed by atoms with Crippen LogP contribution in [0.1, 0.15) is 119 Å². The van der Waals surface area contributed by atoms with Gasteiger partial charge in [-0.25, -0.2) is 0 Å². The number of rotatable bonds is 30. The Labute approximate surface area is 393 Å². The van der Waals surface area contributed by atoms with Gasteiger partial charge in [0.25, 0.3) is 0 Å². The van der Waals surface area contributed by atoms with Crippen LogP contribution in [0.15, 0.2) is 121 Å². The zero-order valence-electron chi connectivity index (χ0n) is 39.0. The molecule has 342 valence electrons. The number of thiophene rings is 1. The molecule has 11 heteroatoms. The van der Waals surface area contributed by atoms with E-state index in [4.69, 9.17) is 18.1 Å². The van der Waals surface area contributed by atoms with Crippen LogP contribution in [0.4, 0.5) is 0 Å². The first-order valence-electron chi connectivity index (χ1n) is 24.0. The summed E-state index contributed by atoms with van der Waals surface area (Å²) in [6.45, 7) is 13.8. The molecule has 63 heavy (non-hydrogen) atoms. The van der Waals surface area contributed by atoms with Gasteiger partial charge in [0.2, 0.25) is 0 Å². The van der Waals surface area contributed by atoms with Gasteiger partial charge >= 0.3 is 396 Å². The number of unbranched alkanes of at least 4 members (excludes halogenated alkanes) is 6. The molecule has 6 nitrogen and oxygen atoms in total. The van der Waals surface area contributed by atoms with Gasteiger partial charge in [0.05, 0.1) is 0 Å². The van der Waals surface area contributed by atoms with Crippen molar-refractivity contribution in [1.82, 2.24) is 0 Å². The van der Waals surface area contributed by atoms with E-state index >= 15 is 9.13 Å². The van der Waals surface area contributed by atoms with Crippen molar-refractivity contribution in [3.05, 3.63) is 121 Å². The second kappa shape index (κ2) is 26.2. The van der Waals surface area contributed by atoms with E-state index in [1.54, 1.807) is 0 Å². The molecule has 0 N–H and O–H groups in total. The number of hydrogen-bond donors (Lipinski definition) is 0. The van der Waals surface area contributed by atoms with E-state index in [2.05, 4.69) is 41.5 Å². The quantitative estimate of drug-likeness (QED) is 0.0337. The summed E-state index contributed by atoms with van der Waals surface area (Å²) < 4.78 is 71.6. The minimum atomic E-state index is -4.45. The van der Waals surface area contributed by atoms with Crippen molar-refractivity contribution in [2.75, 3.05) is 0 Å². The van der Waals surface area contributed by atoms with Crippen LogP contribution in [0.5, 0.6) is 23.0 Å². The van der Waals surface area contributed by atoms with E-state index in [0.29, 0.717) is 33.6 Å². The molecular formula is C52H74O6P2SSn2. The summed E-state index contributed by atoms with van der Waals surface area (Å²) in [4.78, 5) is 0. The molecule has 1 aromatic heterocycles. The summed E-state index contributed by atoms with van der Waals surface area (Å²) in [6, 6.07) is 37.8. The third-order valence-corrected chi connectivity index (χ3v) is 55.5. The third kappa shape index (κ3) is 13.9. The molecule has 0 fully saturated rings. The van der Waals surface area contributed by atoms with Crippen LogP contribution in [0.3, 0.4) is 0 Å². The van der Waals surface area contributed by atoms with E-state index in [-0.39, 0.29) is 0 Å². The molecule has 0 atom stereocenters. The van der Waals surface area contributed by atoms with Crippen molar-refractivity contribution in [3.63, 3.8) is 0 Å². The van der Waals surface area contributed by atoms with Crippen molar-refractivity contribution in [2.45, 2.75) is 145 Å². The Kier molecular flexibility index (Phi) is 21.6. The molecule has 5 aromatic rings. The second-order valence-electron chi connectivity index (χ2n) is 17.3. The molecule has 0 saturated carbocycles. The molecule has 0 aliphatic heterocycles. The third-order valence-electron chi connectivity index (χ3n) is 12.3. The Morgan fingerprint density at radius 1 is 0.365 bits per heavy atom. The molecular weight excluding hydrogens is 1050 g/mol. The van der Waals surface area contributed by atoms with E-state index in [0.717, 1.165) is 104 Å². The number of hydrogen-bond acceptors (Lipinski definition) is 7. The van der Waals surface area contributed by atoms with Crippen molar-refractivity contribution in [1.29, 1.82) is 0 Å². The Morgan fingerprint density at radius 3 is 0.762 bits per heavy atom. The predicted octanol–water partition coefficient (Wildman–Crippen LogP) is 15.8. The molecule has 0 unspecified atom stereocenters. The summed E-state index contributed by atoms with van der Waals surface area (Å²) in [5.74, 6) is 1.77. The summed E-state index contributed by atoms with van der Waals surface area (Å²) in [5.41, 5.74) is 0. The summed E-state index contributed by atoms with van der Waals surface area (Å²) in [7, 11) is -8.90. The zero-order chi connectivity index (χ0) is 45.0.